The largest absolute Gasteiger partial charge is 0.366 e. The zero-order valence-corrected chi connectivity index (χ0v) is 21.0. The molecule has 1 aromatic heterocycles. The molecule has 2 N–H and O–H groups in total. The number of rotatable bonds is 7. The van der Waals surface area contributed by atoms with Gasteiger partial charge in [-0.25, -0.2) is 0 Å². The van der Waals surface area contributed by atoms with Crippen LogP contribution >= 0.6 is 11.6 Å². The first-order chi connectivity index (χ1) is 17.5. The Hall–Kier alpha value is -3.68. The van der Waals surface area contributed by atoms with E-state index in [1.807, 2.05) is 42.5 Å². The molecule has 184 valence electrons. The molecule has 36 heavy (non-hydrogen) atoms. The third kappa shape index (κ3) is 5.27. The number of hydrogen-bond acceptors (Lipinski definition) is 5. The van der Waals surface area contributed by atoms with Crippen molar-refractivity contribution < 1.29 is 4.79 Å². The van der Waals surface area contributed by atoms with Crippen LogP contribution in [0.1, 0.15) is 27.0 Å². The highest BCUT2D eigenvalue weighted by Gasteiger charge is 2.24. The Kier molecular flexibility index (Phi) is 7.02. The first kappa shape index (κ1) is 24.0. The molecule has 0 spiro atoms. The van der Waals surface area contributed by atoms with Crippen LogP contribution in [0.25, 0.3) is 11.4 Å². The van der Waals surface area contributed by atoms with Crippen molar-refractivity contribution in [1.29, 1.82) is 0 Å². The van der Waals surface area contributed by atoms with Crippen molar-refractivity contribution in [2.75, 3.05) is 31.1 Å². The van der Waals surface area contributed by atoms with Gasteiger partial charge in [-0.2, -0.15) is 0 Å². The van der Waals surface area contributed by atoms with Crippen LogP contribution in [0.2, 0.25) is 5.02 Å². The Morgan fingerprint density at radius 2 is 1.64 bits per heavy atom. The fourth-order valence-corrected chi connectivity index (χ4v) is 4.87. The SMILES string of the molecule is Cc1ccccc1-c1nnc(N2CCN(Cc3cccc(Cl)c3)CC2)n1Cc1ccc(C(N)=O)cc1. The maximum atomic E-state index is 11.5. The number of hydrogen-bond donors (Lipinski definition) is 1. The van der Waals surface area contributed by atoms with Gasteiger partial charge >= 0.3 is 0 Å². The summed E-state index contributed by atoms with van der Waals surface area (Å²) in [5.74, 6) is 1.26. The number of piperazine rings is 1. The highest BCUT2D eigenvalue weighted by atomic mass is 35.5. The van der Waals surface area contributed by atoms with E-state index in [4.69, 9.17) is 17.3 Å². The molecule has 1 aliphatic heterocycles. The number of carbonyl (C=O) groups excluding carboxylic acids is 1. The van der Waals surface area contributed by atoms with Gasteiger partial charge in [-0.15, -0.1) is 10.2 Å². The second kappa shape index (κ2) is 10.5. The molecule has 0 radical (unpaired) electrons. The lowest BCUT2D eigenvalue weighted by molar-refractivity contribution is 0.100. The number of aromatic nitrogens is 3. The van der Waals surface area contributed by atoms with Gasteiger partial charge in [0, 0.05) is 48.9 Å². The summed E-state index contributed by atoms with van der Waals surface area (Å²) in [4.78, 5) is 16.2. The van der Waals surface area contributed by atoms with Crippen LogP contribution in [0.3, 0.4) is 0 Å². The van der Waals surface area contributed by atoms with Crippen LogP contribution in [-0.2, 0) is 13.1 Å². The van der Waals surface area contributed by atoms with E-state index >= 15 is 0 Å². The van der Waals surface area contributed by atoms with Crippen molar-refractivity contribution in [2.24, 2.45) is 5.73 Å². The number of carbonyl (C=O) groups is 1. The van der Waals surface area contributed by atoms with E-state index in [9.17, 15) is 4.79 Å². The van der Waals surface area contributed by atoms with Crippen LogP contribution in [0.4, 0.5) is 5.95 Å². The minimum Gasteiger partial charge on any atom is -0.366 e. The van der Waals surface area contributed by atoms with Crippen LogP contribution in [-0.4, -0.2) is 51.8 Å². The molecule has 8 heteroatoms. The Morgan fingerprint density at radius 3 is 2.33 bits per heavy atom. The summed E-state index contributed by atoms with van der Waals surface area (Å²) in [5, 5.41) is 10.0. The molecule has 1 aliphatic rings. The molecule has 7 nitrogen and oxygen atoms in total. The second-order valence-corrected chi connectivity index (χ2v) is 9.62. The molecule has 1 fully saturated rings. The maximum absolute atomic E-state index is 11.5. The molecule has 0 atom stereocenters. The van der Waals surface area contributed by atoms with Gasteiger partial charge in [-0.1, -0.05) is 60.1 Å². The van der Waals surface area contributed by atoms with E-state index < -0.39 is 5.91 Å². The molecule has 0 saturated carbocycles. The molecule has 1 saturated heterocycles. The Bertz CT molecular complexity index is 1360. The number of halogens is 1. The summed E-state index contributed by atoms with van der Waals surface area (Å²) >= 11 is 6.17. The van der Waals surface area contributed by atoms with Gasteiger partial charge in [0.25, 0.3) is 0 Å². The molecular weight excluding hydrogens is 472 g/mol. The number of primary amides is 1. The zero-order chi connectivity index (χ0) is 25.1. The Morgan fingerprint density at radius 1 is 0.889 bits per heavy atom. The first-order valence-electron chi connectivity index (χ1n) is 12.1. The Labute approximate surface area is 216 Å². The predicted molar refractivity (Wildman–Crippen MR) is 143 cm³/mol. The topological polar surface area (TPSA) is 80.3 Å². The number of amides is 1. The lowest BCUT2D eigenvalue weighted by Gasteiger charge is -2.35. The fourth-order valence-electron chi connectivity index (χ4n) is 4.65. The molecule has 4 aromatic rings. The molecule has 0 bridgehead atoms. The van der Waals surface area contributed by atoms with Gasteiger partial charge in [-0.05, 0) is 47.9 Å². The molecule has 0 unspecified atom stereocenters. The Balaban J connectivity index is 1.39. The van der Waals surface area contributed by atoms with Gasteiger partial charge in [0.1, 0.15) is 0 Å². The van der Waals surface area contributed by atoms with Crippen LogP contribution in [0, 0.1) is 6.92 Å². The number of aryl methyl sites for hydroxylation is 1. The number of anilines is 1. The van der Waals surface area contributed by atoms with Crippen molar-refractivity contribution in [3.63, 3.8) is 0 Å². The molecule has 3 aromatic carbocycles. The average Bonchev–Trinajstić information content (AvgIpc) is 3.28. The van der Waals surface area contributed by atoms with E-state index in [0.717, 1.165) is 66.2 Å². The lowest BCUT2D eigenvalue weighted by atomic mass is 10.1. The van der Waals surface area contributed by atoms with Gasteiger partial charge < -0.3 is 10.6 Å². The predicted octanol–water partition coefficient (Wildman–Crippen LogP) is 4.38. The zero-order valence-electron chi connectivity index (χ0n) is 20.3. The van der Waals surface area contributed by atoms with E-state index in [2.05, 4.69) is 49.7 Å². The summed E-state index contributed by atoms with van der Waals surface area (Å²) in [6.45, 7) is 7.11. The summed E-state index contributed by atoms with van der Waals surface area (Å²) in [7, 11) is 0. The molecule has 2 heterocycles. The number of benzene rings is 3. The fraction of sp³-hybridized carbons (Fsp3) is 0.250. The van der Waals surface area contributed by atoms with Crippen LogP contribution in [0.15, 0.2) is 72.8 Å². The van der Waals surface area contributed by atoms with Gasteiger partial charge in [0.15, 0.2) is 5.82 Å². The maximum Gasteiger partial charge on any atom is 0.248 e. The van der Waals surface area contributed by atoms with Crippen molar-refractivity contribution in [3.8, 4) is 11.4 Å². The molecule has 1 amide bonds. The average molecular weight is 501 g/mol. The number of nitrogens with zero attached hydrogens (tertiary/aromatic N) is 5. The van der Waals surface area contributed by atoms with E-state index in [0.29, 0.717) is 12.1 Å². The molecular formula is C28H29ClN6O. The summed E-state index contributed by atoms with van der Waals surface area (Å²) in [6.07, 6.45) is 0. The standard InChI is InChI=1S/C28H29ClN6O/c1-20-5-2-3-8-25(20)27-31-32-28(35(27)19-21-9-11-23(12-10-21)26(30)36)34-15-13-33(14-16-34)18-22-6-4-7-24(29)17-22/h2-12,17H,13-16,18-19H2,1H3,(H2,30,36). The minimum absolute atomic E-state index is 0.428. The smallest absolute Gasteiger partial charge is 0.248 e. The first-order valence-corrected chi connectivity index (χ1v) is 12.5. The minimum atomic E-state index is -0.428. The quantitative estimate of drug-likeness (QED) is 0.407. The van der Waals surface area contributed by atoms with E-state index in [1.165, 1.54) is 5.56 Å². The van der Waals surface area contributed by atoms with E-state index in [-0.39, 0.29) is 0 Å². The summed E-state index contributed by atoms with van der Waals surface area (Å²) < 4.78 is 2.17. The van der Waals surface area contributed by atoms with Crippen molar-refractivity contribution in [2.45, 2.75) is 20.0 Å². The summed E-state index contributed by atoms with van der Waals surface area (Å²) in [5.41, 5.74) is 10.4. The highest BCUT2D eigenvalue weighted by Crippen LogP contribution is 2.27. The van der Waals surface area contributed by atoms with Crippen LogP contribution in [0.5, 0.6) is 0 Å². The summed E-state index contributed by atoms with van der Waals surface area (Å²) in [6, 6.07) is 23.7. The molecule has 0 aliphatic carbocycles. The monoisotopic (exact) mass is 500 g/mol. The third-order valence-electron chi connectivity index (χ3n) is 6.65. The van der Waals surface area contributed by atoms with Gasteiger partial charge in [0.05, 0.1) is 6.54 Å². The second-order valence-electron chi connectivity index (χ2n) is 9.18. The highest BCUT2D eigenvalue weighted by molar-refractivity contribution is 6.30. The van der Waals surface area contributed by atoms with Gasteiger partial charge in [-0.3, -0.25) is 14.3 Å². The van der Waals surface area contributed by atoms with Crippen molar-refractivity contribution in [3.05, 3.63) is 100 Å². The van der Waals surface area contributed by atoms with Crippen LogP contribution < -0.4 is 10.6 Å². The lowest BCUT2D eigenvalue weighted by Crippen LogP contribution is -2.46. The molecule has 5 rings (SSSR count). The van der Waals surface area contributed by atoms with E-state index in [1.54, 1.807) is 12.1 Å². The normalized spacial score (nSPS) is 14.2. The van der Waals surface area contributed by atoms with Crippen molar-refractivity contribution >= 4 is 23.5 Å². The number of nitrogens with two attached hydrogens (primary N) is 1. The third-order valence-corrected chi connectivity index (χ3v) is 6.88. The van der Waals surface area contributed by atoms with Crippen molar-refractivity contribution in [1.82, 2.24) is 19.7 Å². The van der Waals surface area contributed by atoms with Gasteiger partial charge in [0.2, 0.25) is 11.9 Å².